The molecular weight excluding hydrogens is 340 g/mol. The van der Waals surface area contributed by atoms with Gasteiger partial charge in [0.2, 0.25) is 0 Å². The van der Waals surface area contributed by atoms with Gasteiger partial charge in [0.25, 0.3) is 0 Å². The molecule has 0 aliphatic heterocycles. The molecule has 0 radical (unpaired) electrons. The summed E-state index contributed by atoms with van der Waals surface area (Å²) in [5, 5.41) is 0. The minimum Gasteiger partial charge on any atom is -0.426 e. The van der Waals surface area contributed by atoms with Crippen molar-refractivity contribution >= 4 is 11.9 Å². The van der Waals surface area contributed by atoms with Crippen LogP contribution in [0.5, 0.6) is 11.5 Å². The molecule has 150 valence electrons. The van der Waals surface area contributed by atoms with Gasteiger partial charge >= 0.3 is 11.9 Å². The van der Waals surface area contributed by atoms with E-state index in [1.807, 2.05) is 13.8 Å². The first-order valence-corrected chi connectivity index (χ1v) is 10.3. The van der Waals surface area contributed by atoms with Gasteiger partial charge in [0, 0.05) is 0 Å². The number of hydrogen-bond acceptors (Lipinski definition) is 4. The molecule has 0 bridgehead atoms. The Bertz CT molecular complexity index is 642. The normalized spacial score (nSPS) is 21.0. The summed E-state index contributed by atoms with van der Waals surface area (Å²) >= 11 is 0. The lowest BCUT2D eigenvalue weighted by molar-refractivity contribution is -0.140. The molecule has 1 aromatic carbocycles. The van der Waals surface area contributed by atoms with Gasteiger partial charge in [0.05, 0.1) is 11.8 Å². The topological polar surface area (TPSA) is 52.6 Å². The van der Waals surface area contributed by atoms with Gasteiger partial charge in [-0.1, -0.05) is 34.1 Å². The predicted molar refractivity (Wildman–Crippen MR) is 107 cm³/mol. The smallest absolute Gasteiger partial charge is 0.314 e. The summed E-state index contributed by atoms with van der Waals surface area (Å²) in [6.07, 6.45) is 5.81. The van der Waals surface area contributed by atoms with Crippen LogP contribution in [0.2, 0.25) is 0 Å². The summed E-state index contributed by atoms with van der Waals surface area (Å²) in [5.41, 5.74) is 0.799. The van der Waals surface area contributed by atoms with Crippen molar-refractivity contribution in [1.82, 2.24) is 0 Å². The third-order valence-electron chi connectivity index (χ3n) is 5.50. The Morgan fingerprint density at radius 3 is 2.30 bits per heavy atom. The first-order chi connectivity index (χ1) is 12.8. The molecule has 1 saturated carbocycles. The fraction of sp³-hybridized carbons (Fsp3) is 0.652. The second-order valence-electron chi connectivity index (χ2n) is 8.60. The zero-order valence-corrected chi connectivity index (χ0v) is 17.4. The van der Waals surface area contributed by atoms with E-state index >= 15 is 0 Å². The molecule has 1 fully saturated rings. The van der Waals surface area contributed by atoms with Crippen LogP contribution < -0.4 is 9.47 Å². The van der Waals surface area contributed by atoms with Gasteiger partial charge in [0.15, 0.2) is 0 Å². The van der Waals surface area contributed by atoms with E-state index in [1.54, 1.807) is 18.2 Å². The lowest BCUT2D eigenvalue weighted by Gasteiger charge is -2.24. The summed E-state index contributed by atoms with van der Waals surface area (Å²) in [7, 11) is 0. The van der Waals surface area contributed by atoms with Gasteiger partial charge in [-0.3, -0.25) is 9.59 Å². The van der Waals surface area contributed by atoms with Crippen molar-refractivity contribution in [3.05, 3.63) is 23.8 Å². The van der Waals surface area contributed by atoms with Gasteiger partial charge in [0.1, 0.15) is 11.5 Å². The molecule has 4 nitrogen and oxygen atoms in total. The maximum atomic E-state index is 12.4. The molecule has 1 aromatic rings. The summed E-state index contributed by atoms with van der Waals surface area (Å²) in [6.45, 7) is 10.3. The van der Waals surface area contributed by atoms with Crippen LogP contribution in [-0.2, 0) is 9.59 Å². The summed E-state index contributed by atoms with van der Waals surface area (Å²) in [5.74, 6) is 1.84. The van der Waals surface area contributed by atoms with E-state index in [4.69, 9.17) is 9.47 Å². The zero-order chi connectivity index (χ0) is 20.0. The van der Waals surface area contributed by atoms with Crippen LogP contribution >= 0.6 is 0 Å². The van der Waals surface area contributed by atoms with Crippen molar-refractivity contribution in [3.63, 3.8) is 0 Å². The van der Waals surface area contributed by atoms with Crippen molar-refractivity contribution in [2.45, 2.75) is 73.1 Å². The molecule has 0 heterocycles. The predicted octanol–water partition coefficient (Wildman–Crippen LogP) is 5.70. The van der Waals surface area contributed by atoms with Gasteiger partial charge in [-0.05, 0) is 74.6 Å². The number of aryl methyl sites for hydroxylation is 1. The van der Waals surface area contributed by atoms with E-state index in [9.17, 15) is 9.59 Å². The van der Waals surface area contributed by atoms with E-state index in [0.717, 1.165) is 44.1 Å². The molecule has 1 unspecified atom stereocenters. The Morgan fingerprint density at radius 2 is 1.70 bits per heavy atom. The third-order valence-corrected chi connectivity index (χ3v) is 5.50. The van der Waals surface area contributed by atoms with Crippen LogP contribution in [0.25, 0.3) is 0 Å². The number of benzene rings is 1. The monoisotopic (exact) mass is 374 g/mol. The van der Waals surface area contributed by atoms with Crippen LogP contribution in [0.3, 0.4) is 0 Å². The van der Waals surface area contributed by atoms with Gasteiger partial charge in [-0.15, -0.1) is 0 Å². The first kappa shape index (κ1) is 21.5. The Morgan fingerprint density at radius 1 is 1.04 bits per heavy atom. The number of hydrogen-bond donors (Lipinski definition) is 0. The van der Waals surface area contributed by atoms with Crippen molar-refractivity contribution < 1.29 is 19.1 Å². The number of ether oxygens (including phenoxy) is 2. The Hall–Kier alpha value is -1.84. The minimum atomic E-state index is -0.212. The average molecular weight is 375 g/mol. The fourth-order valence-electron chi connectivity index (χ4n) is 3.41. The van der Waals surface area contributed by atoms with Crippen LogP contribution in [-0.4, -0.2) is 11.9 Å². The second-order valence-corrected chi connectivity index (χ2v) is 8.60. The number of carbonyl (C=O) groups excluding carboxylic acids is 2. The fourth-order valence-corrected chi connectivity index (χ4v) is 3.41. The average Bonchev–Trinajstić information content (AvgIpc) is 2.62. The number of rotatable bonds is 7. The molecule has 2 rings (SSSR count). The molecule has 27 heavy (non-hydrogen) atoms. The number of esters is 2. The molecular formula is C23H34O4. The third kappa shape index (κ3) is 6.67. The van der Waals surface area contributed by atoms with Gasteiger partial charge in [-0.25, -0.2) is 0 Å². The van der Waals surface area contributed by atoms with E-state index in [0.29, 0.717) is 23.3 Å². The summed E-state index contributed by atoms with van der Waals surface area (Å²) in [4.78, 5) is 24.6. The summed E-state index contributed by atoms with van der Waals surface area (Å²) in [6, 6.07) is 5.18. The largest absolute Gasteiger partial charge is 0.426 e. The maximum absolute atomic E-state index is 12.4. The lowest BCUT2D eigenvalue weighted by Crippen LogP contribution is -2.25. The minimum absolute atomic E-state index is 0.0000823. The second kappa shape index (κ2) is 9.91. The van der Waals surface area contributed by atoms with Crippen molar-refractivity contribution in [3.8, 4) is 11.5 Å². The first-order valence-electron chi connectivity index (χ1n) is 10.3. The van der Waals surface area contributed by atoms with Crippen molar-refractivity contribution in [1.29, 1.82) is 0 Å². The van der Waals surface area contributed by atoms with Gasteiger partial charge < -0.3 is 9.47 Å². The molecule has 4 heteroatoms. The highest BCUT2D eigenvalue weighted by Gasteiger charge is 2.26. The van der Waals surface area contributed by atoms with E-state index < -0.39 is 0 Å². The zero-order valence-electron chi connectivity index (χ0n) is 17.4. The molecule has 0 spiro atoms. The molecule has 0 N–H and O–H groups in total. The summed E-state index contributed by atoms with van der Waals surface area (Å²) < 4.78 is 11.1. The van der Waals surface area contributed by atoms with Crippen LogP contribution in [0, 0.1) is 30.6 Å². The molecule has 1 atom stereocenters. The van der Waals surface area contributed by atoms with E-state index in [-0.39, 0.29) is 23.8 Å². The molecule has 0 saturated heterocycles. The van der Waals surface area contributed by atoms with Crippen LogP contribution in [0.15, 0.2) is 18.2 Å². The van der Waals surface area contributed by atoms with E-state index in [1.165, 1.54) is 0 Å². The van der Waals surface area contributed by atoms with Crippen LogP contribution in [0.4, 0.5) is 0 Å². The number of carbonyl (C=O) groups is 2. The molecule has 0 aromatic heterocycles. The van der Waals surface area contributed by atoms with Crippen molar-refractivity contribution in [2.24, 2.45) is 23.7 Å². The lowest BCUT2D eigenvalue weighted by atomic mass is 9.83. The van der Waals surface area contributed by atoms with E-state index in [2.05, 4.69) is 20.8 Å². The van der Waals surface area contributed by atoms with Crippen molar-refractivity contribution in [2.75, 3.05) is 0 Å². The SMILES string of the molecule is Cc1cc(OC(=O)C(C)CCC(C)C)ccc1OC(=O)C1CCC(C)CC1. The molecule has 0 amide bonds. The van der Waals surface area contributed by atoms with Crippen LogP contribution in [0.1, 0.15) is 71.8 Å². The quantitative estimate of drug-likeness (QED) is 0.453. The molecule has 1 aliphatic carbocycles. The molecule has 1 aliphatic rings. The Labute approximate surface area is 163 Å². The highest BCUT2D eigenvalue weighted by atomic mass is 16.5. The highest BCUT2D eigenvalue weighted by molar-refractivity contribution is 5.76. The Balaban J connectivity index is 1.91. The highest BCUT2D eigenvalue weighted by Crippen LogP contribution is 2.31. The standard InChI is InChI=1S/C23H34O4/c1-15(2)6-9-17(4)22(24)26-20-12-13-21(18(5)14-20)27-23(25)19-10-7-16(3)8-11-19/h12-17,19H,6-11H2,1-5H3. The maximum Gasteiger partial charge on any atom is 0.314 e. The Kier molecular flexibility index (Phi) is 7.88. The van der Waals surface area contributed by atoms with Gasteiger partial charge in [-0.2, -0.15) is 0 Å².